The molecule has 0 fully saturated rings. The Morgan fingerprint density at radius 1 is 0.862 bits per heavy atom. The van der Waals surface area contributed by atoms with Gasteiger partial charge in [0.15, 0.2) is 0 Å². The molecule has 0 aliphatic rings. The third-order valence-electron chi connectivity index (χ3n) is 4.64. The zero-order chi connectivity index (χ0) is 20.7. The molecule has 0 aromatic heterocycles. The third kappa shape index (κ3) is 6.15. The molecular formula is C23H26N2O3S. The van der Waals surface area contributed by atoms with Gasteiger partial charge in [-0.05, 0) is 28.8 Å². The molecule has 0 saturated heterocycles. The highest BCUT2D eigenvalue weighted by molar-refractivity contribution is 7.92. The summed E-state index contributed by atoms with van der Waals surface area (Å²) in [7, 11) is -3.44. The Morgan fingerprint density at radius 2 is 1.41 bits per heavy atom. The van der Waals surface area contributed by atoms with Gasteiger partial charge in [0.05, 0.1) is 24.6 Å². The van der Waals surface area contributed by atoms with Crippen LogP contribution in [0.15, 0.2) is 84.9 Å². The lowest BCUT2D eigenvalue weighted by Gasteiger charge is -2.23. The number of aliphatic hydroxyl groups excluding tert-OH is 1. The monoisotopic (exact) mass is 410 g/mol. The molecule has 0 bridgehead atoms. The van der Waals surface area contributed by atoms with E-state index in [-0.39, 0.29) is 6.54 Å². The Labute approximate surface area is 172 Å². The van der Waals surface area contributed by atoms with E-state index < -0.39 is 16.1 Å². The zero-order valence-corrected chi connectivity index (χ0v) is 17.2. The Morgan fingerprint density at radius 3 is 1.97 bits per heavy atom. The summed E-state index contributed by atoms with van der Waals surface area (Å²) in [6, 6.07) is 26.5. The lowest BCUT2D eigenvalue weighted by molar-refractivity contribution is 0.174. The maximum absolute atomic E-state index is 12.3. The van der Waals surface area contributed by atoms with Crippen LogP contribution in [0.25, 0.3) is 0 Å². The molecule has 0 aliphatic carbocycles. The van der Waals surface area contributed by atoms with E-state index in [0.29, 0.717) is 18.8 Å². The summed E-state index contributed by atoms with van der Waals surface area (Å²) in [4.78, 5) is 0. The Bertz CT molecular complexity index is 991. The molecule has 5 nitrogen and oxygen atoms in total. The van der Waals surface area contributed by atoms with Crippen LogP contribution in [0, 0.1) is 0 Å². The van der Waals surface area contributed by atoms with Gasteiger partial charge in [0.2, 0.25) is 10.0 Å². The highest BCUT2D eigenvalue weighted by Crippen LogP contribution is 2.23. The fourth-order valence-electron chi connectivity index (χ4n) is 3.08. The second-order valence-corrected chi connectivity index (χ2v) is 8.89. The van der Waals surface area contributed by atoms with Crippen LogP contribution >= 0.6 is 0 Å². The lowest BCUT2D eigenvalue weighted by atomic mass is 10.1. The minimum Gasteiger partial charge on any atom is -0.387 e. The molecule has 29 heavy (non-hydrogen) atoms. The number of anilines is 1. The van der Waals surface area contributed by atoms with Crippen molar-refractivity contribution in [1.82, 2.24) is 5.32 Å². The zero-order valence-electron chi connectivity index (χ0n) is 16.4. The highest BCUT2D eigenvalue weighted by Gasteiger charge is 2.18. The van der Waals surface area contributed by atoms with Gasteiger partial charge in [-0.2, -0.15) is 0 Å². The smallest absolute Gasteiger partial charge is 0.232 e. The van der Waals surface area contributed by atoms with E-state index in [1.807, 2.05) is 60.7 Å². The van der Waals surface area contributed by atoms with Crippen LogP contribution in [0.1, 0.15) is 22.8 Å². The summed E-state index contributed by atoms with van der Waals surface area (Å²) in [5.41, 5.74) is 3.37. The molecule has 3 aromatic rings. The average molecular weight is 411 g/mol. The molecule has 0 aliphatic heterocycles. The van der Waals surface area contributed by atoms with Gasteiger partial charge in [0, 0.05) is 13.1 Å². The van der Waals surface area contributed by atoms with Crippen LogP contribution < -0.4 is 9.62 Å². The maximum Gasteiger partial charge on any atom is 0.232 e. The van der Waals surface area contributed by atoms with E-state index in [4.69, 9.17) is 0 Å². The van der Waals surface area contributed by atoms with Gasteiger partial charge in [-0.1, -0.05) is 72.8 Å². The van der Waals surface area contributed by atoms with Crippen LogP contribution in [0.4, 0.5) is 5.69 Å². The number of benzene rings is 3. The molecule has 6 heteroatoms. The van der Waals surface area contributed by atoms with Crippen molar-refractivity contribution < 1.29 is 13.5 Å². The summed E-state index contributed by atoms with van der Waals surface area (Å²) < 4.78 is 26.0. The van der Waals surface area contributed by atoms with Gasteiger partial charge in [-0.3, -0.25) is 4.31 Å². The number of sulfonamides is 1. The second kappa shape index (κ2) is 9.69. The quantitative estimate of drug-likeness (QED) is 0.567. The van der Waals surface area contributed by atoms with Crippen molar-refractivity contribution in [3.05, 3.63) is 102 Å². The molecule has 0 heterocycles. The van der Waals surface area contributed by atoms with Crippen molar-refractivity contribution >= 4 is 15.7 Å². The number of aliphatic hydroxyl groups is 1. The lowest BCUT2D eigenvalue weighted by Crippen LogP contribution is -2.29. The van der Waals surface area contributed by atoms with Gasteiger partial charge in [0.25, 0.3) is 0 Å². The molecule has 0 spiro atoms. The first-order valence-corrected chi connectivity index (χ1v) is 11.3. The van der Waals surface area contributed by atoms with Crippen molar-refractivity contribution in [2.75, 3.05) is 17.1 Å². The normalized spacial score (nSPS) is 12.5. The largest absolute Gasteiger partial charge is 0.387 e. The van der Waals surface area contributed by atoms with Gasteiger partial charge in [-0.25, -0.2) is 8.42 Å². The molecule has 0 amide bonds. The summed E-state index contributed by atoms with van der Waals surface area (Å²) in [5.74, 6) is 0. The van der Waals surface area contributed by atoms with Crippen LogP contribution in [-0.4, -0.2) is 26.3 Å². The minimum absolute atomic E-state index is 0.264. The molecule has 0 saturated carbocycles. The molecule has 3 aromatic carbocycles. The Kier molecular flexibility index (Phi) is 7.04. The van der Waals surface area contributed by atoms with E-state index in [1.54, 1.807) is 24.3 Å². The first kappa shape index (κ1) is 21.0. The third-order valence-corrected chi connectivity index (χ3v) is 5.79. The van der Waals surface area contributed by atoms with Crippen molar-refractivity contribution in [3.63, 3.8) is 0 Å². The van der Waals surface area contributed by atoms with Gasteiger partial charge in [-0.15, -0.1) is 0 Å². The summed E-state index contributed by atoms with van der Waals surface area (Å²) >= 11 is 0. The van der Waals surface area contributed by atoms with Gasteiger partial charge < -0.3 is 10.4 Å². The number of nitrogens with one attached hydrogen (secondary N) is 1. The number of nitrogens with zero attached hydrogens (tertiary/aromatic N) is 1. The fourth-order valence-corrected chi connectivity index (χ4v) is 3.97. The maximum atomic E-state index is 12.3. The first-order valence-electron chi connectivity index (χ1n) is 9.48. The van der Waals surface area contributed by atoms with Crippen molar-refractivity contribution in [2.24, 2.45) is 0 Å². The number of rotatable bonds is 9. The Balaban J connectivity index is 1.65. The van der Waals surface area contributed by atoms with Gasteiger partial charge >= 0.3 is 0 Å². The first-order chi connectivity index (χ1) is 13.9. The molecule has 152 valence electrons. The number of hydrogen-bond donors (Lipinski definition) is 2. The minimum atomic E-state index is -3.44. The molecule has 0 radical (unpaired) electrons. The molecule has 2 N–H and O–H groups in total. The van der Waals surface area contributed by atoms with Crippen LogP contribution in [-0.2, 0) is 23.1 Å². The molecule has 1 atom stereocenters. The van der Waals surface area contributed by atoms with E-state index >= 15 is 0 Å². The summed E-state index contributed by atoms with van der Waals surface area (Å²) in [6.45, 7) is 1.35. The second-order valence-electron chi connectivity index (χ2n) is 6.98. The number of hydrogen-bond acceptors (Lipinski definition) is 4. The van der Waals surface area contributed by atoms with E-state index in [0.717, 1.165) is 16.7 Å². The van der Waals surface area contributed by atoms with Crippen molar-refractivity contribution in [3.8, 4) is 0 Å². The molecule has 0 unspecified atom stereocenters. The molecule has 3 rings (SSSR count). The summed E-state index contributed by atoms with van der Waals surface area (Å²) in [5, 5.41) is 13.7. The predicted molar refractivity (Wildman–Crippen MR) is 117 cm³/mol. The standard InChI is InChI=1S/C23H26N2O3S/c1-29(27,28)25(18-20-10-6-3-7-11-20)22-14-12-21(13-15-22)23(26)17-24-16-19-8-4-2-5-9-19/h2-15,23-24,26H,16-18H2,1H3/t23-/m0/s1. The topological polar surface area (TPSA) is 69.6 Å². The van der Waals surface area contributed by atoms with Crippen molar-refractivity contribution in [1.29, 1.82) is 0 Å². The van der Waals surface area contributed by atoms with Gasteiger partial charge in [0.1, 0.15) is 0 Å². The molecular weight excluding hydrogens is 384 g/mol. The highest BCUT2D eigenvalue weighted by atomic mass is 32.2. The van der Waals surface area contributed by atoms with Crippen LogP contribution in [0.5, 0.6) is 0 Å². The van der Waals surface area contributed by atoms with E-state index in [1.165, 1.54) is 10.6 Å². The Hall–Kier alpha value is -2.67. The van der Waals surface area contributed by atoms with Crippen molar-refractivity contribution in [2.45, 2.75) is 19.2 Å². The predicted octanol–water partition coefficient (Wildman–Crippen LogP) is 3.48. The van der Waals surface area contributed by atoms with E-state index in [2.05, 4.69) is 5.32 Å². The van der Waals surface area contributed by atoms with E-state index in [9.17, 15) is 13.5 Å². The summed E-state index contributed by atoms with van der Waals surface area (Å²) in [6.07, 6.45) is 0.528. The van der Waals surface area contributed by atoms with Crippen LogP contribution in [0.2, 0.25) is 0 Å². The SMILES string of the molecule is CS(=O)(=O)N(Cc1ccccc1)c1ccc([C@@H](O)CNCc2ccccc2)cc1. The average Bonchev–Trinajstić information content (AvgIpc) is 2.73. The van der Waals surface area contributed by atoms with Crippen LogP contribution in [0.3, 0.4) is 0 Å². The fraction of sp³-hybridized carbons (Fsp3) is 0.217.